The Bertz CT molecular complexity index is 724. The van der Waals surface area contributed by atoms with E-state index in [0.29, 0.717) is 4.47 Å². The van der Waals surface area contributed by atoms with Crippen molar-refractivity contribution in [3.8, 4) is 0 Å². The van der Waals surface area contributed by atoms with Crippen molar-refractivity contribution >= 4 is 26.0 Å². The fraction of sp³-hybridized carbons (Fsp3) is 0.385. The Kier molecular flexibility index (Phi) is 3.30. The van der Waals surface area contributed by atoms with Crippen LogP contribution in [0.25, 0.3) is 0 Å². The number of benzene rings is 1. The van der Waals surface area contributed by atoms with E-state index in [9.17, 15) is 12.8 Å². The average Bonchev–Trinajstić information content (AvgIpc) is 2.85. The molecule has 2 atom stereocenters. The second-order valence-electron chi connectivity index (χ2n) is 5.18. The predicted octanol–water partition coefficient (Wildman–Crippen LogP) is 1.52. The molecule has 2 heterocycles. The maximum Gasteiger partial charge on any atom is 0.243 e. The Morgan fingerprint density at radius 2 is 2.29 bits per heavy atom. The Balaban J connectivity index is 2.23. The van der Waals surface area contributed by atoms with Gasteiger partial charge in [0.2, 0.25) is 10.0 Å². The van der Waals surface area contributed by atoms with Gasteiger partial charge in [-0.3, -0.25) is 4.31 Å². The minimum absolute atomic E-state index is 0.0128. The van der Waals surface area contributed by atoms with Crippen LogP contribution in [-0.2, 0) is 20.3 Å². The molecule has 0 saturated carbocycles. The monoisotopic (exact) mass is 376 g/mol. The summed E-state index contributed by atoms with van der Waals surface area (Å²) in [6, 6.07) is 4.45. The smallest absolute Gasteiger partial charge is 0.243 e. The van der Waals surface area contributed by atoms with E-state index in [1.54, 1.807) is 12.1 Å². The van der Waals surface area contributed by atoms with Crippen LogP contribution in [0.3, 0.4) is 0 Å². The second-order valence-corrected chi connectivity index (χ2v) is 8.25. The molecule has 0 aliphatic carbocycles. The lowest BCUT2D eigenvalue weighted by molar-refractivity contribution is 0.166. The number of fused-ring (bicyclic) bond motifs is 1. The summed E-state index contributed by atoms with van der Waals surface area (Å²) in [6.07, 6.45) is 0. The number of hydrogen-bond acceptors (Lipinski definition) is 4. The van der Waals surface area contributed by atoms with Crippen molar-refractivity contribution < 1.29 is 17.5 Å². The van der Waals surface area contributed by atoms with Crippen LogP contribution in [0.4, 0.5) is 4.39 Å². The number of nitrogens with one attached hydrogen (secondary N) is 1. The lowest BCUT2D eigenvalue weighted by Gasteiger charge is -2.44. The van der Waals surface area contributed by atoms with Crippen molar-refractivity contribution in [2.45, 2.75) is 10.8 Å². The zero-order valence-corrected chi connectivity index (χ0v) is 13.7. The van der Waals surface area contributed by atoms with E-state index in [1.807, 2.05) is 0 Å². The predicted molar refractivity (Wildman–Crippen MR) is 79.3 cm³/mol. The third-order valence-corrected chi connectivity index (χ3v) is 6.78. The van der Waals surface area contributed by atoms with Gasteiger partial charge in [-0.1, -0.05) is 22.5 Å². The van der Waals surface area contributed by atoms with Crippen LogP contribution >= 0.6 is 15.9 Å². The highest BCUT2D eigenvalue weighted by molar-refractivity contribution is 9.10. The molecule has 2 aliphatic rings. The molecule has 21 heavy (non-hydrogen) atoms. The van der Waals surface area contributed by atoms with Gasteiger partial charge >= 0.3 is 0 Å². The topological polar surface area (TPSA) is 58.6 Å². The first-order chi connectivity index (χ1) is 9.79. The van der Waals surface area contributed by atoms with Gasteiger partial charge in [0.1, 0.15) is 22.4 Å². The minimum Gasteiger partial charge on any atom is -0.377 e. The van der Waals surface area contributed by atoms with E-state index in [4.69, 9.17) is 4.74 Å². The largest absolute Gasteiger partial charge is 0.377 e. The molecule has 0 amide bonds. The number of hydrogen-bond donors (Lipinski definition) is 1. The number of nitrogens with zero attached hydrogens (tertiary/aromatic N) is 1. The molecule has 0 radical (unpaired) electrons. The summed E-state index contributed by atoms with van der Waals surface area (Å²) in [5.41, 5.74) is -0.895. The molecule has 1 aromatic carbocycles. The summed E-state index contributed by atoms with van der Waals surface area (Å²) in [7, 11) is -2.24. The summed E-state index contributed by atoms with van der Waals surface area (Å²) in [5.74, 6) is -0.273. The zero-order chi connectivity index (χ0) is 15.4. The van der Waals surface area contributed by atoms with Gasteiger partial charge in [0, 0.05) is 17.1 Å². The molecule has 0 bridgehead atoms. The molecule has 3 rings (SSSR count). The molecule has 0 aromatic heterocycles. The fourth-order valence-electron chi connectivity index (χ4n) is 2.86. The molecule has 8 heteroatoms. The molecular formula is C13H14BrFN2O3S. The SMILES string of the molecule is C=C1N[C@@]2(c3cc(Br)ccc3F)COC[C@H]2S(=O)(=O)N1C. The van der Waals surface area contributed by atoms with Gasteiger partial charge in [-0.2, -0.15) is 0 Å². The summed E-state index contributed by atoms with van der Waals surface area (Å²) in [4.78, 5) is 0. The van der Waals surface area contributed by atoms with E-state index in [2.05, 4.69) is 27.8 Å². The van der Waals surface area contributed by atoms with E-state index in [-0.39, 0.29) is 24.6 Å². The number of halogens is 2. The first kappa shape index (κ1) is 14.8. The minimum atomic E-state index is -3.66. The van der Waals surface area contributed by atoms with Gasteiger partial charge in [-0.15, -0.1) is 0 Å². The van der Waals surface area contributed by atoms with E-state index < -0.39 is 26.6 Å². The average molecular weight is 377 g/mol. The van der Waals surface area contributed by atoms with Crippen LogP contribution in [0, 0.1) is 5.82 Å². The van der Waals surface area contributed by atoms with Crippen molar-refractivity contribution in [3.05, 3.63) is 46.5 Å². The molecule has 114 valence electrons. The van der Waals surface area contributed by atoms with Crippen molar-refractivity contribution in [1.29, 1.82) is 0 Å². The Morgan fingerprint density at radius 3 is 3.00 bits per heavy atom. The molecule has 0 spiro atoms. The lowest BCUT2D eigenvalue weighted by atomic mass is 9.88. The van der Waals surface area contributed by atoms with Crippen LogP contribution < -0.4 is 5.32 Å². The van der Waals surface area contributed by atoms with Gasteiger partial charge in [0.25, 0.3) is 0 Å². The third kappa shape index (κ3) is 2.00. The molecule has 0 unspecified atom stereocenters. The fourth-order valence-corrected chi connectivity index (χ4v) is 4.98. The zero-order valence-electron chi connectivity index (χ0n) is 11.3. The Morgan fingerprint density at radius 1 is 1.57 bits per heavy atom. The molecule has 5 nitrogen and oxygen atoms in total. The second kappa shape index (κ2) is 4.69. The summed E-state index contributed by atoms with van der Waals surface area (Å²) in [5, 5.41) is 2.15. The highest BCUT2D eigenvalue weighted by Gasteiger charge is 2.58. The normalized spacial score (nSPS) is 30.9. The van der Waals surface area contributed by atoms with Crippen molar-refractivity contribution in [1.82, 2.24) is 9.62 Å². The molecule has 2 aliphatic heterocycles. The molecule has 2 saturated heterocycles. The lowest BCUT2D eigenvalue weighted by Crippen LogP contribution is -2.63. The highest BCUT2D eigenvalue weighted by Crippen LogP contribution is 2.42. The summed E-state index contributed by atoms with van der Waals surface area (Å²) < 4.78 is 46.6. The van der Waals surface area contributed by atoms with E-state index in [1.165, 1.54) is 13.1 Å². The van der Waals surface area contributed by atoms with Gasteiger partial charge in [-0.05, 0) is 18.2 Å². The van der Waals surface area contributed by atoms with Crippen LogP contribution in [0.5, 0.6) is 0 Å². The molecule has 1 aromatic rings. The van der Waals surface area contributed by atoms with Gasteiger partial charge in [0.05, 0.1) is 13.2 Å². The van der Waals surface area contributed by atoms with Crippen LogP contribution in [-0.4, -0.2) is 38.2 Å². The quantitative estimate of drug-likeness (QED) is 0.807. The van der Waals surface area contributed by atoms with Crippen LogP contribution in [0.1, 0.15) is 5.56 Å². The standard InChI is InChI=1S/C13H14BrFN2O3S/c1-8-16-13(10-5-9(14)3-4-11(10)15)7-20-6-12(13)21(18,19)17(8)2/h3-5,12,16H,1,6-7H2,2H3/t12-,13-/m1/s1. The van der Waals surface area contributed by atoms with E-state index in [0.717, 1.165) is 4.31 Å². The van der Waals surface area contributed by atoms with Crippen LogP contribution in [0.2, 0.25) is 0 Å². The third-order valence-electron chi connectivity index (χ3n) is 4.05. The summed E-state index contributed by atoms with van der Waals surface area (Å²) >= 11 is 3.29. The number of rotatable bonds is 1. The Labute approximate surface area is 131 Å². The first-order valence-corrected chi connectivity index (χ1v) is 8.57. The van der Waals surface area contributed by atoms with Crippen molar-refractivity contribution in [3.63, 3.8) is 0 Å². The van der Waals surface area contributed by atoms with Crippen molar-refractivity contribution in [2.75, 3.05) is 20.3 Å². The van der Waals surface area contributed by atoms with Crippen LogP contribution in [0.15, 0.2) is 35.1 Å². The number of ether oxygens (including phenoxy) is 1. The summed E-state index contributed by atoms with van der Waals surface area (Å²) in [6.45, 7) is 3.80. The van der Waals surface area contributed by atoms with Gasteiger partial charge < -0.3 is 10.1 Å². The van der Waals surface area contributed by atoms with Gasteiger partial charge in [0.15, 0.2) is 0 Å². The highest BCUT2D eigenvalue weighted by atomic mass is 79.9. The Hall–Kier alpha value is -1.12. The van der Waals surface area contributed by atoms with Crippen molar-refractivity contribution in [2.24, 2.45) is 0 Å². The molecule has 1 N–H and O–H groups in total. The van der Waals surface area contributed by atoms with E-state index >= 15 is 0 Å². The number of sulfonamides is 1. The van der Waals surface area contributed by atoms with Gasteiger partial charge in [-0.25, -0.2) is 12.8 Å². The maximum absolute atomic E-state index is 14.3. The molecular weight excluding hydrogens is 363 g/mol. The first-order valence-electron chi connectivity index (χ1n) is 6.27. The molecule has 2 fully saturated rings. The maximum atomic E-state index is 14.3.